The summed E-state index contributed by atoms with van der Waals surface area (Å²) in [6.45, 7) is -0.245. The maximum absolute atomic E-state index is 12.7. The standard InChI is InChI=1S/C29H31N3O8S/c1-34-22-12-18(13-23(35-2)27(22)36-3)20-15-21(40-32-20)17-10-11-29(37-4,38-5)25(14-17)39-16-26(33)31-28-30-19-8-6-7-9-24(19)41-28/h6-14,21,25H,15-16H2,1-5H3,(H,30,31,33). The summed E-state index contributed by atoms with van der Waals surface area (Å²) in [6, 6.07) is 11.3. The van der Waals surface area contributed by atoms with Crippen molar-refractivity contribution in [3.63, 3.8) is 0 Å². The quantitative estimate of drug-likeness (QED) is 0.330. The second kappa shape index (κ2) is 12.3. The number of anilines is 1. The molecule has 3 aromatic rings. The van der Waals surface area contributed by atoms with Crippen LogP contribution in [0.25, 0.3) is 10.2 Å². The van der Waals surface area contributed by atoms with Crippen molar-refractivity contribution < 1.29 is 38.1 Å². The summed E-state index contributed by atoms with van der Waals surface area (Å²) in [4.78, 5) is 23.0. The van der Waals surface area contributed by atoms with Gasteiger partial charge in [0.15, 0.2) is 22.7 Å². The molecule has 5 rings (SSSR count). The molecule has 0 saturated heterocycles. The van der Waals surface area contributed by atoms with E-state index >= 15 is 0 Å². The molecule has 1 amide bonds. The van der Waals surface area contributed by atoms with Crippen LogP contribution in [0, 0.1) is 0 Å². The Bertz CT molecular complexity index is 1450. The van der Waals surface area contributed by atoms with E-state index in [4.69, 9.17) is 33.3 Å². The molecule has 0 spiro atoms. The van der Waals surface area contributed by atoms with E-state index in [1.165, 1.54) is 25.6 Å². The van der Waals surface area contributed by atoms with Gasteiger partial charge in [-0.2, -0.15) is 0 Å². The Labute approximate surface area is 241 Å². The van der Waals surface area contributed by atoms with E-state index in [0.29, 0.717) is 34.5 Å². The first-order valence-electron chi connectivity index (χ1n) is 12.7. The average Bonchev–Trinajstić information content (AvgIpc) is 3.66. The molecule has 2 aliphatic rings. The van der Waals surface area contributed by atoms with Crippen LogP contribution in [-0.2, 0) is 23.8 Å². The Balaban J connectivity index is 1.29. The average molecular weight is 582 g/mol. The molecule has 1 aliphatic carbocycles. The molecule has 0 fully saturated rings. The number of amides is 1. The van der Waals surface area contributed by atoms with Gasteiger partial charge in [0.2, 0.25) is 11.5 Å². The number of benzene rings is 2. The Morgan fingerprint density at radius 2 is 1.80 bits per heavy atom. The van der Waals surface area contributed by atoms with Crippen molar-refractivity contribution in [3.8, 4) is 17.2 Å². The predicted octanol–water partition coefficient (Wildman–Crippen LogP) is 4.32. The molecule has 0 radical (unpaired) electrons. The van der Waals surface area contributed by atoms with Crippen LogP contribution in [0.5, 0.6) is 17.2 Å². The first-order valence-corrected chi connectivity index (χ1v) is 13.6. The van der Waals surface area contributed by atoms with Gasteiger partial charge in [-0.3, -0.25) is 10.1 Å². The molecule has 2 unspecified atom stereocenters. The van der Waals surface area contributed by atoms with E-state index in [9.17, 15) is 4.79 Å². The van der Waals surface area contributed by atoms with E-state index in [2.05, 4.69) is 15.5 Å². The summed E-state index contributed by atoms with van der Waals surface area (Å²) < 4.78 is 34.7. The number of thiazole rings is 1. The molecular weight excluding hydrogens is 550 g/mol. The number of aromatic nitrogens is 1. The molecule has 0 bridgehead atoms. The topological polar surface area (TPSA) is 119 Å². The van der Waals surface area contributed by atoms with E-state index < -0.39 is 18.0 Å². The van der Waals surface area contributed by atoms with Crippen LogP contribution >= 0.6 is 11.3 Å². The minimum absolute atomic E-state index is 0.245. The molecule has 216 valence electrons. The highest BCUT2D eigenvalue weighted by Gasteiger charge is 2.41. The van der Waals surface area contributed by atoms with Crippen LogP contribution in [0.1, 0.15) is 12.0 Å². The number of nitrogens with one attached hydrogen (secondary N) is 1. The highest BCUT2D eigenvalue weighted by Crippen LogP contribution is 2.40. The number of para-hydroxylation sites is 1. The minimum Gasteiger partial charge on any atom is -0.493 e. The molecule has 41 heavy (non-hydrogen) atoms. The Morgan fingerprint density at radius 1 is 1.07 bits per heavy atom. The zero-order chi connectivity index (χ0) is 29.0. The van der Waals surface area contributed by atoms with Gasteiger partial charge in [-0.1, -0.05) is 34.7 Å². The van der Waals surface area contributed by atoms with E-state index in [1.54, 1.807) is 27.4 Å². The fourth-order valence-electron chi connectivity index (χ4n) is 4.71. The number of hydrogen-bond acceptors (Lipinski definition) is 11. The lowest BCUT2D eigenvalue weighted by atomic mass is 9.92. The predicted molar refractivity (Wildman–Crippen MR) is 154 cm³/mol. The number of nitrogens with zero attached hydrogens (tertiary/aromatic N) is 2. The molecule has 0 saturated carbocycles. The smallest absolute Gasteiger partial charge is 0.252 e. The van der Waals surface area contributed by atoms with Crippen molar-refractivity contribution >= 4 is 38.3 Å². The summed E-state index contributed by atoms with van der Waals surface area (Å²) in [7, 11) is 7.71. The van der Waals surface area contributed by atoms with Crippen molar-refractivity contribution in [2.45, 2.75) is 24.4 Å². The van der Waals surface area contributed by atoms with Crippen LogP contribution < -0.4 is 19.5 Å². The van der Waals surface area contributed by atoms with Gasteiger partial charge in [0, 0.05) is 26.2 Å². The number of carbonyl (C=O) groups excluding carboxylic acids is 1. The summed E-state index contributed by atoms with van der Waals surface area (Å²) >= 11 is 1.39. The molecule has 1 aliphatic heterocycles. The molecule has 12 heteroatoms. The monoisotopic (exact) mass is 581 g/mol. The van der Waals surface area contributed by atoms with Crippen LogP contribution in [0.15, 0.2) is 65.4 Å². The van der Waals surface area contributed by atoms with Gasteiger partial charge in [-0.05, 0) is 42.0 Å². The maximum Gasteiger partial charge on any atom is 0.252 e. The number of fused-ring (bicyclic) bond motifs is 1. The fourth-order valence-corrected chi connectivity index (χ4v) is 5.59. The fraction of sp³-hybridized carbons (Fsp3) is 0.345. The number of carbonyl (C=O) groups is 1. The number of rotatable bonds is 11. The van der Waals surface area contributed by atoms with Crippen LogP contribution in [0.2, 0.25) is 0 Å². The second-order valence-corrected chi connectivity index (χ2v) is 10.2. The summed E-state index contributed by atoms with van der Waals surface area (Å²) in [5.74, 6) is -0.0339. The van der Waals surface area contributed by atoms with E-state index in [0.717, 1.165) is 21.4 Å². The molecule has 2 atom stereocenters. The normalized spacial score (nSPS) is 19.3. The molecule has 2 aromatic carbocycles. The Kier molecular flexibility index (Phi) is 8.54. The van der Waals surface area contributed by atoms with Gasteiger partial charge < -0.3 is 33.3 Å². The van der Waals surface area contributed by atoms with Crippen molar-refractivity contribution in [2.24, 2.45) is 5.16 Å². The zero-order valence-corrected chi connectivity index (χ0v) is 24.2. The van der Waals surface area contributed by atoms with Crippen molar-refractivity contribution in [3.05, 3.63) is 65.8 Å². The number of ether oxygens (including phenoxy) is 6. The lowest BCUT2D eigenvalue weighted by Gasteiger charge is -2.36. The van der Waals surface area contributed by atoms with Gasteiger partial charge in [-0.15, -0.1) is 0 Å². The lowest BCUT2D eigenvalue weighted by molar-refractivity contribution is -0.225. The molecule has 1 N–H and O–H groups in total. The first-order chi connectivity index (χ1) is 19.9. The largest absolute Gasteiger partial charge is 0.493 e. The zero-order valence-electron chi connectivity index (χ0n) is 23.3. The van der Waals surface area contributed by atoms with Crippen molar-refractivity contribution in [1.29, 1.82) is 0 Å². The van der Waals surface area contributed by atoms with E-state index in [1.807, 2.05) is 48.6 Å². The van der Waals surface area contributed by atoms with Gasteiger partial charge in [0.25, 0.3) is 5.91 Å². The summed E-state index contributed by atoms with van der Waals surface area (Å²) in [5, 5.41) is 7.63. The van der Waals surface area contributed by atoms with Crippen LogP contribution in [0.3, 0.4) is 0 Å². The first kappa shape index (κ1) is 28.6. The Hall–Kier alpha value is -3.97. The maximum atomic E-state index is 12.7. The highest BCUT2D eigenvalue weighted by molar-refractivity contribution is 7.22. The molecule has 2 heterocycles. The van der Waals surface area contributed by atoms with E-state index in [-0.39, 0.29) is 12.5 Å². The number of oxime groups is 1. The number of hydrogen-bond donors (Lipinski definition) is 1. The highest BCUT2D eigenvalue weighted by atomic mass is 32.1. The number of methoxy groups -OCH3 is 5. The van der Waals surface area contributed by atoms with Crippen molar-refractivity contribution in [2.75, 3.05) is 47.5 Å². The summed E-state index contributed by atoms with van der Waals surface area (Å²) in [5.41, 5.74) is 3.12. The third-order valence-corrected chi connectivity index (χ3v) is 7.81. The van der Waals surface area contributed by atoms with Crippen molar-refractivity contribution in [1.82, 2.24) is 4.98 Å². The summed E-state index contributed by atoms with van der Waals surface area (Å²) in [6.07, 6.45) is 4.77. The van der Waals surface area contributed by atoms with Crippen LogP contribution in [-0.4, -0.2) is 76.8 Å². The minimum atomic E-state index is -1.22. The van der Waals surface area contributed by atoms with Gasteiger partial charge in [0.05, 0.1) is 37.3 Å². The Morgan fingerprint density at radius 3 is 2.46 bits per heavy atom. The third kappa shape index (κ3) is 5.77. The van der Waals surface area contributed by atoms with Gasteiger partial charge in [0.1, 0.15) is 12.7 Å². The lowest BCUT2D eigenvalue weighted by Crippen LogP contribution is -2.47. The SMILES string of the molecule is COc1cc(C2=NOC(C3=CC(OCC(=O)Nc4nc5ccccc5s4)C(OC)(OC)C=C3)C2)cc(OC)c1OC. The molecular formula is C29H31N3O8S. The molecule has 1 aromatic heterocycles. The van der Waals surface area contributed by atoms with Gasteiger partial charge >= 0.3 is 0 Å². The third-order valence-electron chi connectivity index (χ3n) is 6.86. The second-order valence-electron chi connectivity index (χ2n) is 9.15. The van der Waals surface area contributed by atoms with Gasteiger partial charge in [-0.25, -0.2) is 4.98 Å². The molecule has 11 nitrogen and oxygen atoms in total. The van der Waals surface area contributed by atoms with Crippen LogP contribution in [0.4, 0.5) is 5.13 Å².